The highest BCUT2D eigenvalue weighted by Gasteiger charge is 2.35. The number of hydrogen-bond donors (Lipinski definition) is 2. The molecule has 0 aliphatic heterocycles. The number of fused-ring (bicyclic) bond motifs is 1. The molecule has 8 nitrogen and oxygen atoms in total. The summed E-state index contributed by atoms with van der Waals surface area (Å²) in [6.45, 7) is 6.12. The number of pyridine rings is 1. The highest BCUT2D eigenvalue weighted by molar-refractivity contribution is 7.09. The van der Waals surface area contributed by atoms with Crippen LogP contribution in [0.4, 0.5) is 0 Å². The predicted octanol–water partition coefficient (Wildman–Crippen LogP) is 5.17. The molecule has 0 saturated carbocycles. The zero-order valence-corrected chi connectivity index (χ0v) is 28.2. The first-order valence-corrected chi connectivity index (χ1v) is 16.5. The molecule has 2 unspecified atom stereocenters. The van der Waals surface area contributed by atoms with Gasteiger partial charge in [-0.1, -0.05) is 54.1 Å². The van der Waals surface area contributed by atoms with Crippen molar-refractivity contribution in [1.29, 1.82) is 0 Å². The third-order valence-corrected chi connectivity index (χ3v) is 8.90. The van der Waals surface area contributed by atoms with E-state index in [2.05, 4.69) is 16.4 Å². The summed E-state index contributed by atoms with van der Waals surface area (Å²) in [4.78, 5) is 49.8. The lowest BCUT2D eigenvalue weighted by molar-refractivity contribution is -0.146. The lowest BCUT2D eigenvalue weighted by Gasteiger charge is -2.34. The Bertz CT molecular complexity index is 1650. The van der Waals surface area contributed by atoms with E-state index in [1.165, 1.54) is 9.80 Å². The molecule has 2 heterocycles. The zero-order valence-electron chi connectivity index (χ0n) is 27.4. The van der Waals surface area contributed by atoms with E-state index in [0.717, 1.165) is 32.3 Å². The van der Waals surface area contributed by atoms with Gasteiger partial charge in [0, 0.05) is 62.4 Å². The summed E-state index contributed by atoms with van der Waals surface area (Å²) < 4.78 is 0. The van der Waals surface area contributed by atoms with Gasteiger partial charge in [-0.3, -0.25) is 19.4 Å². The van der Waals surface area contributed by atoms with E-state index in [9.17, 15) is 14.4 Å². The van der Waals surface area contributed by atoms with E-state index in [1.54, 1.807) is 43.9 Å². The Balaban J connectivity index is 1.61. The van der Waals surface area contributed by atoms with Crippen LogP contribution in [0, 0.1) is 0 Å². The Morgan fingerprint density at radius 3 is 2.30 bits per heavy atom. The van der Waals surface area contributed by atoms with Crippen LogP contribution in [0.5, 0.6) is 0 Å². The summed E-state index contributed by atoms with van der Waals surface area (Å²) >= 11 is 1.55. The van der Waals surface area contributed by atoms with Crippen LogP contribution in [0.3, 0.4) is 0 Å². The Morgan fingerprint density at radius 1 is 0.913 bits per heavy atom. The first-order valence-electron chi connectivity index (χ1n) is 15.6. The number of rotatable bonds is 14. The molecule has 3 amide bonds. The molecule has 3 N–H and O–H groups in total. The number of nitrogens with two attached hydrogens (primary N) is 1. The van der Waals surface area contributed by atoms with Gasteiger partial charge in [0.05, 0.1) is 0 Å². The van der Waals surface area contributed by atoms with Crippen LogP contribution in [0.25, 0.3) is 10.8 Å². The van der Waals surface area contributed by atoms with Crippen LogP contribution < -0.4 is 11.1 Å². The average Bonchev–Trinajstić information content (AvgIpc) is 3.54. The van der Waals surface area contributed by atoms with Crippen molar-refractivity contribution in [1.82, 2.24) is 20.1 Å². The highest BCUT2D eigenvalue weighted by atomic mass is 32.1. The van der Waals surface area contributed by atoms with Gasteiger partial charge in [0.2, 0.25) is 17.7 Å². The Hall–Kier alpha value is -4.34. The molecule has 0 saturated heterocycles. The van der Waals surface area contributed by atoms with Crippen LogP contribution in [0.2, 0.25) is 0 Å². The summed E-state index contributed by atoms with van der Waals surface area (Å²) in [5.41, 5.74) is 8.55. The van der Waals surface area contributed by atoms with Gasteiger partial charge in [0.1, 0.15) is 12.1 Å². The number of carbonyl (C=O) groups is 3. The molecule has 4 rings (SSSR count). The molecule has 0 bridgehead atoms. The molecule has 9 heteroatoms. The normalized spacial score (nSPS) is 13.2. The number of amides is 3. The fourth-order valence-corrected chi connectivity index (χ4v) is 6.37. The fourth-order valence-electron chi connectivity index (χ4n) is 5.63. The van der Waals surface area contributed by atoms with E-state index < -0.39 is 17.6 Å². The van der Waals surface area contributed by atoms with Crippen molar-refractivity contribution >= 4 is 39.8 Å². The van der Waals surface area contributed by atoms with Crippen molar-refractivity contribution in [2.75, 3.05) is 20.6 Å². The van der Waals surface area contributed by atoms with Gasteiger partial charge < -0.3 is 20.9 Å². The van der Waals surface area contributed by atoms with Gasteiger partial charge >= 0.3 is 0 Å². The maximum absolute atomic E-state index is 14.4. The number of thiophene rings is 1. The van der Waals surface area contributed by atoms with E-state index in [4.69, 9.17) is 5.73 Å². The van der Waals surface area contributed by atoms with Crippen molar-refractivity contribution < 1.29 is 14.4 Å². The Labute approximate surface area is 276 Å². The SMILES string of the molecule is C/C(=C\C(=O)N(C)C(Cc1ccc2ccccc2c1)C(=O)N(C)C(Cc1cccs1)C(=O)NCCc1ccncc1)CC(C)(C)N. The summed E-state index contributed by atoms with van der Waals surface area (Å²) in [7, 11) is 3.31. The Morgan fingerprint density at radius 2 is 1.63 bits per heavy atom. The third kappa shape index (κ3) is 9.83. The quantitative estimate of drug-likeness (QED) is 0.185. The molecule has 0 fully saturated rings. The molecule has 0 spiro atoms. The van der Waals surface area contributed by atoms with Gasteiger partial charge in [-0.15, -0.1) is 11.3 Å². The average molecular weight is 640 g/mol. The number of benzene rings is 2. The van der Waals surface area contributed by atoms with Gasteiger partial charge in [0.15, 0.2) is 0 Å². The van der Waals surface area contributed by atoms with Crippen LogP contribution in [0.15, 0.2) is 96.2 Å². The number of nitrogens with one attached hydrogen (secondary N) is 1. The maximum atomic E-state index is 14.4. The van der Waals surface area contributed by atoms with Crippen molar-refractivity contribution in [2.45, 2.75) is 64.1 Å². The van der Waals surface area contributed by atoms with Crippen molar-refractivity contribution in [3.8, 4) is 0 Å². The monoisotopic (exact) mass is 639 g/mol. The minimum atomic E-state index is -0.843. The van der Waals surface area contributed by atoms with Crippen molar-refractivity contribution in [3.63, 3.8) is 0 Å². The minimum absolute atomic E-state index is 0.238. The summed E-state index contributed by atoms with van der Waals surface area (Å²) in [5.74, 6) is -0.830. The zero-order chi connectivity index (χ0) is 33.3. The van der Waals surface area contributed by atoms with E-state index in [0.29, 0.717) is 32.2 Å². The molecule has 0 aliphatic carbocycles. The number of aromatic nitrogens is 1. The van der Waals surface area contributed by atoms with Crippen LogP contribution in [-0.4, -0.2) is 70.8 Å². The van der Waals surface area contributed by atoms with Gasteiger partial charge in [-0.2, -0.15) is 0 Å². The van der Waals surface area contributed by atoms with Crippen LogP contribution >= 0.6 is 11.3 Å². The van der Waals surface area contributed by atoms with E-state index in [1.807, 2.05) is 86.8 Å². The number of nitrogens with zero attached hydrogens (tertiary/aromatic N) is 3. The number of carbonyl (C=O) groups excluding carboxylic acids is 3. The molecule has 2 atom stereocenters. The summed E-state index contributed by atoms with van der Waals surface area (Å²) in [5, 5.41) is 7.15. The second-order valence-electron chi connectivity index (χ2n) is 12.7. The lowest BCUT2D eigenvalue weighted by atomic mass is 9.96. The minimum Gasteiger partial charge on any atom is -0.354 e. The smallest absolute Gasteiger partial charge is 0.246 e. The second kappa shape index (κ2) is 15.8. The van der Waals surface area contributed by atoms with Crippen molar-refractivity contribution in [3.05, 3.63) is 112 Å². The Kier molecular flexibility index (Phi) is 11.8. The number of hydrogen-bond acceptors (Lipinski definition) is 6. The molecule has 0 radical (unpaired) electrons. The third-order valence-electron chi connectivity index (χ3n) is 8.00. The molecule has 2 aromatic carbocycles. The van der Waals surface area contributed by atoms with E-state index >= 15 is 0 Å². The molecular formula is C37H45N5O3S. The van der Waals surface area contributed by atoms with Gasteiger partial charge in [0.25, 0.3) is 0 Å². The molecule has 242 valence electrons. The summed E-state index contributed by atoms with van der Waals surface area (Å²) in [6, 6.07) is 20.3. The molecule has 46 heavy (non-hydrogen) atoms. The second-order valence-corrected chi connectivity index (χ2v) is 13.7. The molecule has 0 aliphatic rings. The largest absolute Gasteiger partial charge is 0.354 e. The molecule has 4 aromatic rings. The van der Waals surface area contributed by atoms with Gasteiger partial charge in [-0.05, 0) is 79.1 Å². The highest BCUT2D eigenvalue weighted by Crippen LogP contribution is 2.21. The fraction of sp³-hybridized carbons (Fsp3) is 0.351. The predicted molar refractivity (Wildman–Crippen MR) is 186 cm³/mol. The van der Waals surface area contributed by atoms with E-state index in [-0.39, 0.29) is 17.7 Å². The maximum Gasteiger partial charge on any atom is 0.246 e. The van der Waals surface area contributed by atoms with Crippen LogP contribution in [0.1, 0.15) is 43.2 Å². The lowest BCUT2D eigenvalue weighted by Crippen LogP contribution is -2.56. The molecular weight excluding hydrogens is 595 g/mol. The first kappa shape index (κ1) is 34.5. The standard InChI is InChI=1S/C37H45N5O3S/c1-26(25-37(2,3)38)21-34(43)41(4)33(23-28-12-13-29-9-6-7-10-30(29)22-28)36(45)42(5)32(24-31-11-8-20-46-31)35(44)40-19-16-27-14-17-39-18-15-27/h6-15,17-18,20-22,32-33H,16,19,23-25,38H2,1-5H3,(H,40,44)/b26-21+. The number of likely N-dealkylation sites (N-methyl/N-ethyl adjacent to an activating group) is 2. The van der Waals surface area contributed by atoms with Crippen molar-refractivity contribution in [2.24, 2.45) is 5.73 Å². The molecule has 2 aromatic heterocycles. The van der Waals surface area contributed by atoms with Gasteiger partial charge in [-0.25, -0.2) is 0 Å². The summed E-state index contributed by atoms with van der Waals surface area (Å²) in [6.07, 6.45) is 6.86. The topological polar surface area (TPSA) is 109 Å². The van der Waals surface area contributed by atoms with Crippen LogP contribution in [-0.2, 0) is 33.6 Å². The first-order chi connectivity index (χ1) is 21.9.